The van der Waals surface area contributed by atoms with Crippen LogP contribution in [0.15, 0.2) is 9.59 Å². The van der Waals surface area contributed by atoms with E-state index in [0.717, 1.165) is 142 Å². The zero-order chi connectivity index (χ0) is 46.0. The fourth-order valence-corrected chi connectivity index (χ4v) is 8.82. The van der Waals surface area contributed by atoms with Gasteiger partial charge in [0.2, 0.25) is 0 Å². The molecule has 1 atom stereocenters. The molecule has 1 rings (SSSR count). The van der Waals surface area contributed by atoms with Crippen LogP contribution >= 0.6 is 0 Å². The number of carbonyl (C=O) groups excluding carboxylic acids is 2. The number of carbonyl (C=O) groups is 2. The maximum absolute atomic E-state index is 12.9. The van der Waals surface area contributed by atoms with Gasteiger partial charge in [0.25, 0.3) is 10.9 Å². The van der Waals surface area contributed by atoms with E-state index in [1.54, 1.807) is 0 Å². The minimum atomic E-state index is -0.421. The zero-order valence-electron chi connectivity index (χ0n) is 42.0. The largest absolute Gasteiger partial charge is 0.462 e. The second-order valence-electron chi connectivity index (χ2n) is 18.8. The Hall–Kier alpha value is -2.42. The third-order valence-electron chi connectivity index (χ3n) is 12.8. The first-order chi connectivity index (χ1) is 30.8. The van der Waals surface area contributed by atoms with Crippen LogP contribution in [-0.2, 0) is 19.1 Å². The number of unbranched alkanes of at least 4 members (excludes halogenated alkanes) is 23. The van der Waals surface area contributed by atoms with E-state index in [-0.39, 0.29) is 24.1 Å². The topological polar surface area (TPSA) is 114 Å². The van der Waals surface area contributed by atoms with Crippen molar-refractivity contribution in [2.45, 2.75) is 278 Å². The summed E-state index contributed by atoms with van der Waals surface area (Å²) < 4.78 is 12.0. The summed E-state index contributed by atoms with van der Waals surface area (Å²) in [6.07, 6.45) is 40.7. The van der Waals surface area contributed by atoms with Crippen LogP contribution < -0.4 is 21.5 Å². The lowest BCUT2D eigenvalue weighted by atomic mass is 10.0. The molecule has 0 amide bonds. The molecule has 0 saturated carbocycles. The molecular weight excluding hydrogens is 787 g/mol. The monoisotopic (exact) mass is 888 g/mol. The average molecular weight is 888 g/mol. The smallest absolute Gasteiger partial charge is 0.306 e. The molecule has 1 aromatic rings. The van der Waals surface area contributed by atoms with Gasteiger partial charge in [0.05, 0.1) is 0 Å². The fraction of sp³-hybridized carbons (Fsp3) is 0.889. The van der Waals surface area contributed by atoms with Gasteiger partial charge in [-0.15, -0.1) is 0 Å². The maximum Gasteiger partial charge on any atom is 0.306 e. The molecule has 0 aliphatic heterocycles. The van der Waals surface area contributed by atoms with Crippen molar-refractivity contribution >= 4 is 23.3 Å². The van der Waals surface area contributed by atoms with Crippen LogP contribution in [0, 0.1) is 0 Å². The van der Waals surface area contributed by atoms with Crippen LogP contribution in [0.3, 0.4) is 0 Å². The lowest BCUT2D eigenvalue weighted by Gasteiger charge is -2.23. The lowest BCUT2D eigenvalue weighted by molar-refractivity contribution is -0.151. The quantitative estimate of drug-likeness (QED) is 0.0375. The van der Waals surface area contributed by atoms with Crippen molar-refractivity contribution in [1.82, 2.24) is 4.90 Å². The molecular formula is C54H101N3O6. The van der Waals surface area contributed by atoms with Crippen molar-refractivity contribution in [1.29, 1.82) is 0 Å². The first-order valence-electron chi connectivity index (χ1n) is 27.2. The summed E-state index contributed by atoms with van der Waals surface area (Å²) in [4.78, 5) is 52.2. The second-order valence-corrected chi connectivity index (χ2v) is 18.8. The Morgan fingerprint density at radius 3 is 1.17 bits per heavy atom. The van der Waals surface area contributed by atoms with E-state index in [2.05, 4.69) is 43.2 Å². The Morgan fingerprint density at radius 1 is 0.413 bits per heavy atom. The highest BCUT2D eigenvalue weighted by Crippen LogP contribution is 2.20. The lowest BCUT2D eigenvalue weighted by Crippen LogP contribution is -2.38. The molecule has 0 saturated heterocycles. The molecule has 0 aliphatic rings. The van der Waals surface area contributed by atoms with Gasteiger partial charge >= 0.3 is 11.9 Å². The Bertz CT molecular complexity index is 1260. The van der Waals surface area contributed by atoms with Gasteiger partial charge < -0.3 is 25.0 Å². The Morgan fingerprint density at radius 2 is 0.762 bits per heavy atom. The van der Waals surface area contributed by atoms with E-state index in [4.69, 9.17) is 9.47 Å². The van der Waals surface area contributed by atoms with Crippen LogP contribution in [0.25, 0.3) is 0 Å². The zero-order valence-corrected chi connectivity index (χ0v) is 42.0. The maximum atomic E-state index is 12.9. The summed E-state index contributed by atoms with van der Waals surface area (Å²) in [5.74, 6) is -0.0239. The van der Waals surface area contributed by atoms with Gasteiger partial charge in [-0.05, 0) is 104 Å². The number of esters is 2. The van der Waals surface area contributed by atoms with E-state index in [0.29, 0.717) is 37.3 Å². The summed E-state index contributed by atoms with van der Waals surface area (Å²) in [7, 11) is 0. The molecule has 63 heavy (non-hydrogen) atoms. The summed E-state index contributed by atoms with van der Waals surface area (Å²) >= 11 is 0. The molecule has 0 fully saturated rings. The predicted octanol–water partition coefficient (Wildman–Crippen LogP) is 14.4. The van der Waals surface area contributed by atoms with Crippen LogP contribution in [0.1, 0.15) is 266 Å². The van der Waals surface area contributed by atoms with Crippen molar-refractivity contribution in [2.75, 3.05) is 43.4 Å². The summed E-state index contributed by atoms with van der Waals surface area (Å²) in [6.45, 7) is 15.1. The van der Waals surface area contributed by atoms with Crippen LogP contribution in [0.2, 0.25) is 0 Å². The van der Waals surface area contributed by atoms with E-state index in [9.17, 15) is 19.2 Å². The van der Waals surface area contributed by atoms with Crippen LogP contribution in [0.4, 0.5) is 11.4 Å². The highest BCUT2D eigenvalue weighted by atomic mass is 16.5. The van der Waals surface area contributed by atoms with Gasteiger partial charge in [0.15, 0.2) is 0 Å². The van der Waals surface area contributed by atoms with Gasteiger partial charge in [-0.3, -0.25) is 19.2 Å². The first-order valence-corrected chi connectivity index (χ1v) is 27.2. The van der Waals surface area contributed by atoms with Crippen molar-refractivity contribution in [3.05, 3.63) is 20.4 Å². The van der Waals surface area contributed by atoms with Crippen LogP contribution in [0.5, 0.6) is 0 Å². The van der Waals surface area contributed by atoms with Crippen LogP contribution in [-0.4, -0.2) is 61.8 Å². The number of nitrogens with zero attached hydrogens (tertiary/aromatic N) is 1. The summed E-state index contributed by atoms with van der Waals surface area (Å²) in [5.41, 5.74) is 0.0246. The van der Waals surface area contributed by atoms with Crippen molar-refractivity contribution in [3.63, 3.8) is 0 Å². The molecule has 0 spiro atoms. The number of nitrogens with one attached hydrogen (secondary N) is 2. The summed E-state index contributed by atoms with van der Waals surface area (Å²) in [5, 5.41) is 6.24. The average Bonchev–Trinajstić information content (AvgIpc) is 3.27. The fourth-order valence-electron chi connectivity index (χ4n) is 8.82. The highest BCUT2D eigenvalue weighted by Gasteiger charge is 2.20. The van der Waals surface area contributed by atoms with Gasteiger partial charge in [0.1, 0.15) is 23.6 Å². The SMILES string of the molecule is CCCCCCCCC(CCC)OC(=O)CCCCCCCN(CCCCCCCC(=O)OC(CCCCCCCC)CCCCCCCC)CCCNc1c(NCC)c(=O)c1=O. The van der Waals surface area contributed by atoms with E-state index < -0.39 is 10.9 Å². The second kappa shape index (κ2) is 42.2. The number of hydrogen-bond acceptors (Lipinski definition) is 9. The van der Waals surface area contributed by atoms with E-state index in [1.165, 1.54) is 96.3 Å². The van der Waals surface area contributed by atoms with E-state index >= 15 is 0 Å². The number of hydrogen-bond donors (Lipinski definition) is 2. The number of rotatable bonds is 48. The molecule has 0 aromatic heterocycles. The number of anilines is 2. The van der Waals surface area contributed by atoms with Crippen molar-refractivity contribution in [3.8, 4) is 0 Å². The molecule has 1 aromatic carbocycles. The molecule has 0 aliphatic carbocycles. The van der Waals surface area contributed by atoms with Gasteiger partial charge in [0, 0.05) is 25.9 Å². The van der Waals surface area contributed by atoms with Gasteiger partial charge in [-0.2, -0.15) is 0 Å². The molecule has 368 valence electrons. The molecule has 0 bridgehead atoms. The van der Waals surface area contributed by atoms with E-state index in [1.807, 2.05) is 6.92 Å². The molecule has 0 radical (unpaired) electrons. The van der Waals surface area contributed by atoms with Crippen molar-refractivity contribution < 1.29 is 19.1 Å². The minimum absolute atomic E-state index is 0.00238. The third kappa shape index (κ3) is 32.0. The Balaban J connectivity index is 2.46. The van der Waals surface area contributed by atoms with Gasteiger partial charge in [-0.1, -0.05) is 169 Å². The summed E-state index contributed by atoms with van der Waals surface area (Å²) in [6, 6.07) is 0. The van der Waals surface area contributed by atoms with Crippen molar-refractivity contribution in [2.24, 2.45) is 0 Å². The molecule has 1 unspecified atom stereocenters. The molecule has 2 N–H and O–H groups in total. The van der Waals surface area contributed by atoms with Gasteiger partial charge in [-0.25, -0.2) is 0 Å². The molecule has 9 heteroatoms. The predicted molar refractivity (Wildman–Crippen MR) is 269 cm³/mol. The normalized spacial score (nSPS) is 12.1. The minimum Gasteiger partial charge on any atom is -0.462 e. The number of ether oxygens (including phenoxy) is 2. The Labute approximate surface area is 387 Å². The standard InChI is InChI=1S/C54H101N3O6/c1-6-11-14-17-22-29-38-47(37-9-4)62-49(58)41-32-25-20-27-34-44-57(46-36-43-56-52-51(55-10-5)53(60)54(52)61)45-35-28-21-26-33-42-50(59)63-48(39-30-23-18-15-12-7-2)40-31-24-19-16-13-8-3/h47-48,55-56H,6-46H2,1-5H3. The molecule has 0 heterocycles. The first kappa shape index (κ1) is 58.6. The molecule has 9 nitrogen and oxygen atoms in total. The highest BCUT2D eigenvalue weighted by molar-refractivity contribution is 5.73. The Kier molecular flexibility index (Phi) is 39.3. The third-order valence-corrected chi connectivity index (χ3v) is 12.8.